The number of methoxy groups -OCH3 is 1. The Morgan fingerprint density at radius 1 is 1.08 bits per heavy atom. The molecule has 0 fully saturated rings. The van der Waals surface area contributed by atoms with Crippen LogP contribution in [0.15, 0.2) is 30.3 Å². The molecule has 0 radical (unpaired) electrons. The van der Waals surface area contributed by atoms with Crippen molar-refractivity contribution < 1.29 is 14.3 Å². The molecule has 9 heteroatoms. The van der Waals surface area contributed by atoms with Crippen LogP contribution >= 0.6 is 0 Å². The molecule has 1 aliphatic heterocycles. The number of anilines is 1. The second-order valence-corrected chi connectivity index (χ2v) is 10.0. The average molecular weight is 507 g/mol. The van der Waals surface area contributed by atoms with E-state index in [9.17, 15) is 9.59 Å². The number of benzene rings is 1. The van der Waals surface area contributed by atoms with Gasteiger partial charge in [0.05, 0.1) is 16.6 Å². The minimum atomic E-state index is -0.0828. The summed E-state index contributed by atoms with van der Waals surface area (Å²) >= 11 is 0. The smallest absolute Gasteiger partial charge is 0.255 e. The molecule has 1 aromatic carbocycles. The summed E-state index contributed by atoms with van der Waals surface area (Å²) in [5, 5.41) is 5.32. The molecule has 0 saturated carbocycles. The molecular formula is C28H38N6O3. The van der Waals surface area contributed by atoms with Crippen LogP contribution < -0.4 is 4.90 Å². The molecule has 0 unspecified atom stereocenters. The van der Waals surface area contributed by atoms with Crippen LogP contribution in [-0.4, -0.2) is 82.3 Å². The number of hydrogen-bond donors (Lipinski definition) is 0. The van der Waals surface area contributed by atoms with Crippen molar-refractivity contribution in [1.82, 2.24) is 24.6 Å². The van der Waals surface area contributed by atoms with Crippen molar-refractivity contribution in [3.8, 4) is 0 Å². The van der Waals surface area contributed by atoms with Crippen molar-refractivity contribution in [3.63, 3.8) is 0 Å². The van der Waals surface area contributed by atoms with E-state index in [0.717, 1.165) is 47.5 Å². The summed E-state index contributed by atoms with van der Waals surface area (Å²) in [5.41, 5.74) is 4.64. The molecule has 2 amide bonds. The third kappa shape index (κ3) is 5.67. The second kappa shape index (κ2) is 11.4. The van der Waals surface area contributed by atoms with Crippen molar-refractivity contribution >= 4 is 28.5 Å². The number of fused-ring (bicyclic) bond motifs is 2. The SMILES string of the molecule is COCC(=O)N1CCCN(C(C)C)CCN(C(=O)c2cc(C)nc3c2c(C)nn3C)Cc2ccccc21. The van der Waals surface area contributed by atoms with Gasteiger partial charge in [-0.2, -0.15) is 5.10 Å². The van der Waals surface area contributed by atoms with Crippen LogP contribution in [0.25, 0.3) is 11.0 Å². The molecule has 0 spiro atoms. The molecule has 37 heavy (non-hydrogen) atoms. The predicted molar refractivity (Wildman–Crippen MR) is 145 cm³/mol. The number of carbonyl (C=O) groups excluding carboxylic acids is 2. The van der Waals surface area contributed by atoms with E-state index in [1.165, 1.54) is 7.11 Å². The molecule has 0 saturated heterocycles. The third-order valence-corrected chi connectivity index (χ3v) is 7.04. The fourth-order valence-electron chi connectivity index (χ4n) is 5.17. The average Bonchev–Trinajstić information content (AvgIpc) is 3.12. The van der Waals surface area contributed by atoms with E-state index in [1.54, 1.807) is 4.68 Å². The van der Waals surface area contributed by atoms with Gasteiger partial charge in [-0.05, 0) is 51.8 Å². The lowest BCUT2D eigenvalue weighted by molar-refractivity contribution is -0.122. The summed E-state index contributed by atoms with van der Waals surface area (Å²) in [5.74, 6) is -0.139. The maximum Gasteiger partial charge on any atom is 0.255 e. The minimum absolute atomic E-state index is 0.0133. The first-order valence-electron chi connectivity index (χ1n) is 12.9. The fraction of sp³-hybridized carbons (Fsp3) is 0.500. The number of ether oxygens (including phenoxy) is 1. The van der Waals surface area contributed by atoms with E-state index < -0.39 is 0 Å². The maximum atomic E-state index is 14.2. The molecule has 0 atom stereocenters. The summed E-state index contributed by atoms with van der Waals surface area (Å²) in [6.07, 6.45) is 0.828. The Morgan fingerprint density at radius 2 is 1.84 bits per heavy atom. The zero-order valence-electron chi connectivity index (χ0n) is 22.8. The van der Waals surface area contributed by atoms with Gasteiger partial charge in [-0.25, -0.2) is 4.98 Å². The number of hydrogen-bond acceptors (Lipinski definition) is 6. The topological polar surface area (TPSA) is 83.8 Å². The van der Waals surface area contributed by atoms with Gasteiger partial charge in [0, 0.05) is 64.3 Å². The molecule has 2 aromatic heterocycles. The molecular weight excluding hydrogens is 468 g/mol. The lowest BCUT2D eigenvalue weighted by atomic mass is 10.1. The third-order valence-electron chi connectivity index (χ3n) is 7.04. The highest BCUT2D eigenvalue weighted by Crippen LogP contribution is 2.27. The first-order chi connectivity index (χ1) is 17.7. The summed E-state index contributed by atoms with van der Waals surface area (Å²) in [6, 6.07) is 10.0. The lowest BCUT2D eigenvalue weighted by Crippen LogP contribution is -2.41. The van der Waals surface area contributed by atoms with Crippen LogP contribution in [-0.2, 0) is 23.1 Å². The summed E-state index contributed by atoms with van der Waals surface area (Å²) in [4.78, 5) is 38.0. The molecule has 9 nitrogen and oxygen atoms in total. The Hall–Kier alpha value is -3.30. The highest BCUT2D eigenvalue weighted by atomic mass is 16.5. The monoisotopic (exact) mass is 506 g/mol. The predicted octanol–water partition coefficient (Wildman–Crippen LogP) is 3.32. The fourth-order valence-corrected chi connectivity index (χ4v) is 5.17. The van der Waals surface area contributed by atoms with Gasteiger partial charge < -0.3 is 14.5 Å². The number of aromatic nitrogens is 3. The van der Waals surface area contributed by atoms with Gasteiger partial charge in [0.2, 0.25) is 0 Å². The van der Waals surface area contributed by atoms with Gasteiger partial charge >= 0.3 is 0 Å². The first-order valence-corrected chi connectivity index (χ1v) is 12.9. The Bertz CT molecular complexity index is 1280. The summed E-state index contributed by atoms with van der Waals surface area (Å²) in [6.45, 7) is 11.3. The molecule has 0 bridgehead atoms. The highest BCUT2D eigenvalue weighted by Gasteiger charge is 2.27. The van der Waals surface area contributed by atoms with E-state index in [2.05, 4.69) is 28.8 Å². The van der Waals surface area contributed by atoms with E-state index in [0.29, 0.717) is 36.9 Å². The number of amides is 2. The van der Waals surface area contributed by atoms with Crippen LogP contribution in [0.3, 0.4) is 0 Å². The van der Waals surface area contributed by atoms with Gasteiger partial charge in [-0.15, -0.1) is 0 Å². The van der Waals surface area contributed by atoms with Crippen molar-refractivity contribution in [1.29, 1.82) is 0 Å². The van der Waals surface area contributed by atoms with E-state index in [-0.39, 0.29) is 18.4 Å². The number of aryl methyl sites for hydroxylation is 3. The van der Waals surface area contributed by atoms with E-state index in [4.69, 9.17) is 4.74 Å². The van der Waals surface area contributed by atoms with Crippen LogP contribution in [0.1, 0.15) is 47.6 Å². The number of para-hydroxylation sites is 1. The van der Waals surface area contributed by atoms with Crippen molar-refractivity contribution in [2.75, 3.05) is 44.8 Å². The van der Waals surface area contributed by atoms with Crippen LogP contribution in [0.2, 0.25) is 0 Å². The molecule has 198 valence electrons. The molecule has 0 N–H and O–H groups in total. The highest BCUT2D eigenvalue weighted by molar-refractivity contribution is 6.06. The van der Waals surface area contributed by atoms with E-state index >= 15 is 0 Å². The normalized spacial score (nSPS) is 15.6. The molecule has 1 aliphatic rings. The number of pyridine rings is 1. The molecule has 3 aromatic rings. The maximum absolute atomic E-state index is 14.2. The Balaban J connectivity index is 1.80. The van der Waals surface area contributed by atoms with Gasteiger partial charge in [0.25, 0.3) is 11.8 Å². The van der Waals surface area contributed by atoms with Gasteiger partial charge in [0.15, 0.2) is 5.65 Å². The molecule has 3 heterocycles. The number of carbonyl (C=O) groups is 2. The minimum Gasteiger partial charge on any atom is -0.375 e. The van der Waals surface area contributed by atoms with Crippen LogP contribution in [0.4, 0.5) is 5.69 Å². The Morgan fingerprint density at radius 3 is 2.57 bits per heavy atom. The quantitative estimate of drug-likeness (QED) is 0.540. The summed E-state index contributed by atoms with van der Waals surface area (Å²) in [7, 11) is 3.39. The lowest BCUT2D eigenvalue weighted by Gasteiger charge is -2.30. The summed E-state index contributed by atoms with van der Waals surface area (Å²) < 4.78 is 6.92. The number of rotatable bonds is 4. The number of nitrogens with zero attached hydrogens (tertiary/aromatic N) is 6. The van der Waals surface area contributed by atoms with Gasteiger partial charge in [-0.3, -0.25) is 19.2 Å². The molecule has 0 aliphatic carbocycles. The first kappa shape index (κ1) is 26.8. The standard InChI is InChI=1S/C28H38N6O3/c1-19(2)32-12-9-13-34(25(35)18-37-6)24-11-8-7-10-22(24)17-33(15-14-32)28(36)23-16-20(3)29-27-26(23)21(4)30-31(27)5/h7-8,10-11,16,19H,9,12-15,17-18H2,1-6H3. The van der Waals surface area contributed by atoms with Crippen molar-refractivity contribution in [2.24, 2.45) is 7.05 Å². The van der Waals surface area contributed by atoms with E-state index in [1.807, 2.05) is 61.0 Å². The molecule has 4 rings (SSSR count). The van der Waals surface area contributed by atoms with Crippen molar-refractivity contribution in [3.05, 3.63) is 52.8 Å². The van der Waals surface area contributed by atoms with Gasteiger partial charge in [-0.1, -0.05) is 18.2 Å². The van der Waals surface area contributed by atoms with Crippen LogP contribution in [0, 0.1) is 13.8 Å². The van der Waals surface area contributed by atoms with Crippen LogP contribution in [0.5, 0.6) is 0 Å². The largest absolute Gasteiger partial charge is 0.375 e. The Kier molecular flexibility index (Phi) is 8.24. The zero-order valence-corrected chi connectivity index (χ0v) is 22.8. The van der Waals surface area contributed by atoms with Crippen molar-refractivity contribution in [2.45, 2.75) is 46.7 Å². The second-order valence-electron chi connectivity index (χ2n) is 10.0. The van der Waals surface area contributed by atoms with Gasteiger partial charge in [0.1, 0.15) is 6.61 Å². The Labute approximate surface area is 219 Å². The zero-order chi connectivity index (χ0) is 26.7.